The zero-order valence-electron chi connectivity index (χ0n) is 73.5. The SMILES string of the molecule is CC(=O)N[C@H]1[C@H](OCCCCCCNC(=O)CCO[C@@H]2[C@H](OCCC(=O)NCCCCCCO[C@@H]3O[C@H](COC(C)=O)[C@H](OC(C)=O)[C@H](OC(C)=O)[C@H]3NC(C)=O)C=C(C(=O)NCCCCCC(=O)O)C[C@H]2OCCC(=O)NCCCCCCO[C@@H]2O[C@H](COC(C)=O)[C@H](OC(C)=O)[C@H](OC(C)=O)[C@H]2NC(C)=O)O[C@H](COC(C)=O)[C@H](OC(C)=O)[C@@H]1OC(C)=O. The summed E-state index contributed by atoms with van der Waals surface area (Å²) in [6.45, 7) is 13.4. The Morgan fingerprint density at radius 1 is 0.320 bits per heavy atom. The highest BCUT2D eigenvalue weighted by molar-refractivity contribution is 5.94. The summed E-state index contributed by atoms with van der Waals surface area (Å²) in [5.74, 6) is -10.7. The van der Waals surface area contributed by atoms with Crippen LogP contribution in [0.4, 0.5) is 0 Å². The molecule has 0 radical (unpaired) electrons. The number of amides is 7. The lowest BCUT2D eigenvalue weighted by Crippen LogP contribution is -2.66. The van der Waals surface area contributed by atoms with E-state index in [9.17, 15) is 81.5 Å². The summed E-state index contributed by atoms with van der Waals surface area (Å²) >= 11 is 0. The van der Waals surface area contributed by atoms with E-state index in [1.165, 1.54) is 41.5 Å². The number of rotatable bonds is 58. The third kappa shape index (κ3) is 43.9. The van der Waals surface area contributed by atoms with Gasteiger partial charge in [-0.2, -0.15) is 0 Å². The maximum Gasteiger partial charge on any atom is 0.303 e. The van der Waals surface area contributed by atoms with Gasteiger partial charge < -0.3 is 128 Å². The molecule has 0 aromatic rings. The lowest BCUT2D eigenvalue weighted by atomic mass is 9.91. The van der Waals surface area contributed by atoms with Crippen molar-refractivity contribution in [3.63, 3.8) is 0 Å². The molecule has 3 heterocycles. The summed E-state index contributed by atoms with van der Waals surface area (Å²) in [5, 5.41) is 28.6. The standard InChI is InChI=1S/C82H129N7O36/c1-47(90)87-69-76(120-56(10)99)73(117-53(7)96)62(44-114-50(4)93)123-80(69)111-36-25-16-13-21-32-83-65(102)29-39-108-60-42-59(79(107)86-35-24-19-20-28-68(105)106)43-61(109-40-30-66(103)84-33-22-14-17-26-37-112-81-70(88-48(2)91)77(121-57(11)100)74(118-54(8)97)63(124-81)45-115-51(5)94)72(60)110-41-31-67(104)85-34-23-15-18-27-38-113-82-71(89-49(3)92)78(122-58(12)101)75(119-55(9)98)64(125-82)46-116-52(6)95/h42,60-64,69-78,80-82H,13-41,43-46H2,1-12H3,(H,83,102)(H,84,103)(H,85,104)(H,86,107)(H,87,90)(H,88,91)(H,89,92)(H,105,106)/t60-,61-,62-,63-,64-,69-,70-,71-,72-,73+,74+,75+,76-,77-,78-,80-,81-,82-/m1/s1. The number of carboxylic acids is 1. The third-order valence-corrected chi connectivity index (χ3v) is 19.3. The molecule has 1 aliphatic carbocycles. The van der Waals surface area contributed by atoms with Gasteiger partial charge in [-0.05, 0) is 57.4 Å². The highest BCUT2D eigenvalue weighted by Gasteiger charge is 2.55. The van der Waals surface area contributed by atoms with Crippen molar-refractivity contribution in [1.29, 1.82) is 0 Å². The molecule has 0 saturated carbocycles. The number of ether oxygens (including phenoxy) is 18. The van der Waals surface area contributed by atoms with Crippen LogP contribution in [0.3, 0.4) is 0 Å². The first-order chi connectivity index (χ1) is 59.4. The second-order valence-corrected chi connectivity index (χ2v) is 30.3. The van der Waals surface area contributed by atoms with Gasteiger partial charge in [-0.15, -0.1) is 0 Å². The van der Waals surface area contributed by atoms with Crippen LogP contribution in [-0.2, 0) is 167 Å². The summed E-state index contributed by atoms with van der Waals surface area (Å²) in [6.07, 6.45) is -8.94. The smallest absolute Gasteiger partial charge is 0.303 e. The molecule has 125 heavy (non-hydrogen) atoms. The molecule has 4 aliphatic rings. The Hall–Kier alpha value is -9.63. The average Bonchev–Trinajstić information content (AvgIpc) is 0.781. The van der Waals surface area contributed by atoms with E-state index in [-0.39, 0.29) is 121 Å². The van der Waals surface area contributed by atoms with Gasteiger partial charge >= 0.3 is 59.7 Å². The second-order valence-electron chi connectivity index (χ2n) is 30.3. The van der Waals surface area contributed by atoms with Crippen LogP contribution in [0.2, 0.25) is 0 Å². The van der Waals surface area contributed by atoms with Gasteiger partial charge in [0.15, 0.2) is 55.5 Å². The number of hydrogen-bond donors (Lipinski definition) is 8. The predicted octanol–water partition coefficient (Wildman–Crippen LogP) is 1.45. The minimum absolute atomic E-state index is 0.0451. The molecular formula is C82H129N7O36. The monoisotopic (exact) mass is 1790 g/mol. The normalized spacial score (nSPS) is 24.4. The molecule has 0 aromatic carbocycles. The van der Waals surface area contributed by atoms with Crippen LogP contribution in [0.5, 0.6) is 0 Å². The fourth-order valence-corrected chi connectivity index (χ4v) is 13.9. The molecule has 0 spiro atoms. The van der Waals surface area contributed by atoms with Gasteiger partial charge in [0.05, 0.1) is 25.9 Å². The molecule has 0 bridgehead atoms. The van der Waals surface area contributed by atoms with E-state index in [1.54, 1.807) is 6.08 Å². The van der Waals surface area contributed by atoms with Crippen LogP contribution in [0.1, 0.15) is 212 Å². The maximum atomic E-state index is 14.0. The number of hydrogen-bond acceptors (Lipinski definition) is 35. The molecule has 0 unspecified atom stereocenters. The van der Waals surface area contributed by atoms with E-state index in [0.29, 0.717) is 96.3 Å². The largest absolute Gasteiger partial charge is 0.481 e. The molecule has 3 saturated heterocycles. The Morgan fingerprint density at radius 3 is 0.928 bits per heavy atom. The van der Waals surface area contributed by atoms with Crippen LogP contribution in [0, 0.1) is 0 Å². The molecule has 3 aliphatic heterocycles. The van der Waals surface area contributed by atoms with E-state index in [2.05, 4.69) is 37.2 Å². The van der Waals surface area contributed by atoms with Gasteiger partial charge in [0, 0.05) is 167 Å². The van der Waals surface area contributed by atoms with E-state index < -0.39 is 213 Å². The summed E-state index contributed by atoms with van der Waals surface area (Å²) in [6, 6.07) is -3.43. The molecule has 0 aromatic heterocycles. The zero-order chi connectivity index (χ0) is 92.5. The first kappa shape index (κ1) is 108. The molecule has 7 amide bonds. The predicted molar refractivity (Wildman–Crippen MR) is 429 cm³/mol. The maximum absolute atomic E-state index is 14.0. The zero-order valence-corrected chi connectivity index (χ0v) is 73.5. The van der Waals surface area contributed by atoms with E-state index in [1.807, 2.05) is 0 Å². The first-order valence-corrected chi connectivity index (χ1v) is 42.3. The molecule has 3 fully saturated rings. The van der Waals surface area contributed by atoms with Gasteiger partial charge in [0.1, 0.15) is 68.5 Å². The summed E-state index contributed by atoms with van der Waals surface area (Å²) in [7, 11) is 0. The van der Waals surface area contributed by atoms with Crippen molar-refractivity contribution in [2.45, 2.75) is 322 Å². The van der Waals surface area contributed by atoms with Crippen LogP contribution >= 0.6 is 0 Å². The van der Waals surface area contributed by atoms with Crippen molar-refractivity contribution in [2.24, 2.45) is 0 Å². The van der Waals surface area contributed by atoms with Crippen LogP contribution < -0.4 is 37.2 Å². The topological polar surface area (TPSA) is 561 Å². The van der Waals surface area contributed by atoms with Crippen LogP contribution in [0.25, 0.3) is 0 Å². The minimum Gasteiger partial charge on any atom is -0.481 e. The van der Waals surface area contributed by atoms with E-state index in [0.717, 1.165) is 41.5 Å². The highest BCUT2D eigenvalue weighted by atomic mass is 16.7. The average molecular weight is 1790 g/mol. The van der Waals surface area contributed by atoms with Gasteiger partial charge in [0.2, 0.25) is 41.4 Å². The number of carbonyl (C=O) groups excluding carboxylic acids is 16. The molecule has 8 N–H and O–H groups in total. The van der Waals surface area contributed by atoms with E-state index >= 15 is 0 Å². The van der Waals surface area contributed by atoms with Gasteiger partial charge in [-0.3, -0.25) is 81.5 Å². The van der Waals surface area contributed by atoms with Crippen molar-refractivity contribution >= 4 is 101 Å². The number of nitrogens with one attached hydrogen (secondary N) is 7. The van der Waals surface area contributed by atoms with Crippen molar-refractivity contribution < 1.29 is 172 Å². The number of carboxylic acid groups (broad SMARTS) is 1. The number of carbonyl (C=O) groups is 17. The second kappa shape index (κ2) is 59.4. The van der Waals surface area contributed by atoms with Gasteiger partial charge in [-0.25, -0.2) is 0 Å². The molecular weight excluding hydrogens is 1660 g/mol. The van der Waals surface area contributed by atoms with E-state index in [4.69, 9.17) is 90.4 Å². The number of aliphatic carboxylic acids is 1. The minimum atomic E-state index is -1.29. The fraction of sp³-hybridized carbons (Fsp3) is 0.768. The summed E-state index contributed by atoms with van der Waals surface area (Å²) in [4.78, 5) is 212. The third-order valence-electron chi connectivity index (χ3n) is 19.3. The van der Waals surface area contributed by atoms with Crippen LogP contribution in [-0.4, -0.2) is 302 Å². The molecule has 4 rings (SSSR count). The summed E-state index contributed by atoms with van der Waals surface area (Å²) in [5.41, 5.74) is 0.228. The molecule has 43 heteroatoms. The summed E-state index contributed by atoms with van der Waals surface area (Å²) < 4.78 is 104. The van der Waals surface area contributed by atoms with Gasteiger partial charge in [-0.1, -0.05) is 44.9 Å². The first-order valence-electron chi connectivity index (χ1n) is 42.3. The number of unbranched alkanes of at least 4 members (excludes halogenated alkanes) is 11. The van der Waals surface area contributed by atoms with Crippen LogP contribution in [0.15, 0.2) is 11.6 Å². The van der Waals surface area contributed by atoms with Crippen molar-refractivity contribution in [1.82, 2.24) is 37.2 Å². The van der Waals surface area contributed by atoms with Crippen molar-refractivity contribution in [3.05, 3.63) is 11.6 Å². The Labute approximate surface area is 726 Å². The lowest BCUT2D eigenvalue weighted by molar-refractivity contribution is -0.277. The highest BCUT2D eigenvalue weighted by Crippen LogP contribution is 2.33. The Bertz CT molecular complexity index is 3530. The Morgan fingerprint density at radius 2 is 0.616 bits per heavy atom. The quantitative estimate of drug-likeness (QED) is 0.0243. The van der Waals surface area contributed by atoms with Gasteiger partial charge in [0.25, 0.3) is 0 Å². The lowest BCUT2D eigenvalue weighted by Gasteiger charge is -2.44. The molecule has 708 valence electrons. The van der Waals surface area contributed by atoms with Crippen molar-refractivity contribution in [3.8, 4) is 0 Å². The molecule has 18 atom stereocenters. The van der Waals surface area contributed by atoms with Crippen molar-refractivity contribution in [2.75, 3.05) is 85.6 Å². The number of esters is 9. The Kier molecular flexibility index (Phi) is 51.1. The fourth-order valence-electron chi connectivity index (χ4n) is 13.9. The Balaban J connectivity index is 1.42. The molecule has 43 nitrogen and oxygen atoms in total.